The molecule has 8 nitrogen and oxygen atoms in total. The Kier molecular flexibility index (Phi) is 16.6. The van der Waals surface area contributed by atoms with Crippen molar-refractivity contribution in [3.05, 3.63) is 12.7 Å². The summed E-state index contributed by atoms with van der Waals surface area (Å²) in [7, 11) is 0. The van der Waals surface area contributed by atoms with Crippen LogP contribution in [0.2, 0.25) is 0 Å². The van der Waals surface area contributed by atoms with E-state index in [-0.39, 0.29) is 18.7 Å². The summed E-state index contributed by atoms with van der Waals surface area (Å²) in [4.78, 5) is 46.7. The third-order valence-electron chi connectivity index (χ3n) is 4.59. The summed E-state index contributed by atoms with van der Waals surface area (Å²) >= 11 is 1.51. The van der Waals surface area contributed by atoms with Crippen LogP contribution in [-0.2, 0) is 19.2 Å². The van der Waals surface area contributed by atoms with Gasteiger partial charge in [0, 0.05) is 12.8 Å². The number of allylic oxidation sites excluding steroid dienone is 1. The number of carbonyl (C=O) groups is 4. The monoisotopic (exact) mass is 444 g/mol. The van der Waals surface area contributed by atoms with E-state index in [4.69, 9.17) is 5.11 Å². The number of rotatable bonds is 19. The number of hydrogen-bond donors (Lipinski definition) is 4. The summed E-state index contributed by atoms with van der Waals surface area (Å²) in [5.74, 6) is -2.65. The van der Waals surface area contributed by atoms with Crippen LogP contribution in [0.25, 0.3) is 0 Å². The number of amides is 2. The number of unbranched alkanes of at least 4 members (excludes halogenated alkanes) is 6. The second-order valence-corrected chi connectivity index (χ2v) is 8.17. The molecule has 0 fully saturated rings. The summed E-state index contributed by atoms with van der Waals surface area (Å²) in [5, 5.41) is 23.0. The minimum absolute atomic E-state index is 0.216. The largest absolute Gasteiger partial charge is 0.481 e. The van der Waals surface area contributed by atoms with Crippen molar-refractivity contribution in [2.75, 3.05) is 12.0 Å². The fourth-order valence-corrected chi connectivity index (χ4v) is 3.32. The molecule has 2 atom stereocenters. The van der Waals surface area contributed by atoms with Gasteiger partial charge in [0.2, 0.25) is 11.8 Å². The van der Waals surface area contributed by atoms with E-state index in [2.05, 4.69) is 17.2 Å². The van der Waals surface area contributed by atoms with Gasteiger partial charge in [-0.2, -0.15) is 11.8 Å². The Hall–Kier alpha value is -2.03. The van der Waals surface area contributed by atoms with Crippen LogP contribution in [0.15, 0.2) is 12.7 Å². The first-order chi connectivity index (χ1) is 14.3. The number of carboxylic acid groups (broad SMARTS) is 2. The molecular weight excluding hydrogens is 408 g/mol. The van der Waals surface area contributed by atoms with Crippen molar-refractivity contribution in [1.29, 1.82) is 0 Å². The lowest BCUT2D eigenvalue weighted by Crippen LogP contribution is -2.51. The van der Waals surface area contributed by atoms with Crippen molar-refractivity contribution in [2.24, 2.45) is 0 Å². The predicted octanol–water partition coefficient (Wildman–Crippen LogP) is 2.97. The molecule has 0 saturated heterocycles. The lowest BCUT2D eigenvalue weighted by Gasteiger charge is -2.21. The maximum atomic E-state index is 12.5. The smallest absolute Gasteiger partial charge is 0.326 e. The van der Waals surface area contributed by atoms with Crippen LogP contribution in [0, 0.1) is 0 Å². The van der Waals surface area contributed by atoms with Crippen LogP contribution in [0.4, 0.5) is 0 Å². The number of nitrogens with one attached hydrogen (secondary N) is 2. The molecule has 0 aliphatic carbocycles. The maximum Gasteiger partial charge on any atom is 0.326 e. The Morgan fingerprint density at radius 2 is 1.53 bits per heavy atom. The van der Waals surface area contributed by atoms with Gasteiger partial charge in [0.25, 0.3) is 0 Å². The van der Waals surface area contributed by atoms with Crippen LogP contribution >= 0.6 is 11.8 Å². The quantitative estimate of drug-likeness (QED) is 0.178. The second-order valence-electron chi connectivity index (χ2n) is 7.18. The number of aliphatic carboxylic acids is 2. The van der Waals surface area contributed by atoms with Crippen LogP contribution in [0.5, 0.6) is 0 Å². The van der Waals surface area contributed by atoms with Gasteiger partial charge < -0.3 is 20.8 Å². The molecule has 0 aliphatic heterocycles. The number of carboxylic acids is 2. The standard InChI is InChI=1S/C21H36N2O6S/c1-3-4-5-6-7-8-9-10-11-18(24)22-16(14-15-30-2)20(27)23-17(21(28)29)12-13-19(25)26/h3,16-17H,1,4-15H2,2H3,(H,22,24)(H,23,27)(H,25,26)(H,28,29)/t16-,17-/m0/s1. The molecule has 0 aliphatic rings. The molecule has 2 amide bonds. The molecule has 0 aromatic heterocycles. The predicted molar refractivity (Wildman–Crippen MR) is 118 cm³/mol. The van der Waals surface area contributed by atoms with Gasteiger partial charge in [-0.05, 0) is 44.1 Å². The highest BCUT2D eigenvalue weighted by molar-refractivity contribution is 7.98. The van der Waals surface area contributed by atoms with Crippen LogP contribution in [-0.4, -0.2) is 58.1 Å². The van der Waals surface area contributed by atoms with E-state index in [0.717, 1.165) is 44.9 Å². The molecule has 0 unspecified atom stereocenters. The first kappa shape index (κ1) is 28.0. The second kappa shape index (κ2) is 17.8. The molecule has 172 valence electrons. The Morgan fingerprint density at radius 3 is 2.10 bits per heavy atom. The summed E-state index contributed by atoms with van der Waals surface area (Å²) in [6.45, 7) is 3.70. The Bertz CT molecular complexity index is 556. The van der Waals surface area contributed by atoms with Gasteiger partial charge in [-0.25, -0.2) is 4.79 Å². The van der Waals surface area contributed by atoms with Crippen LogP contribution < -0.4 is 10.6 Å². The fraction of sp³-hybridized carbons (Fsp3) is 0.714. The van der Waals surface area contributed by atoms with E-state index in [0.29, 0.717) is 18.6 Å². The molecular formula is C21H36N2O6S. The Balaban J connectivity index is 4.47. The lowest BCUT2D eigenvalue weighted by atomic mass is 10.1. The van der Waals surface area contributed by atoms with Gasteiger partial charge in [-0.15, -0.1) is 6.58 Å². The summed E-state index contributed by atoms with van der Waals surface area (Å²) < 4.78 is 0. The molecule has 4 N–H and O–H groups in total. The molecule has 0 aromatic carbocycles. The normalized spacial score (nSPS) is 12.6. The van der Waals surface area contributed by atoms with Crippen LogP contribution in [0.3, 0.4) is 0 Å². The van der Waals surface area contributed by atoms with Crippen molar-refractivity contribution in [3.8, 4) is 0 Å². The Morgan fingerprint density at radius 1 is 0.900 bits per heavy atom. The zero-order chi connectivity index (χ0) is 22.8. The maximum absolute atomic E-state index is 12.5. The van der Waals surface area contributed by atoms with Gasteiger partial charge in [0.1, 0.15) is 12.1 Å². The zero-order valence-corrected chi connectivity index (χ0v) is 18.7. The lowest BCUT2D eigenvalue weighted by molar-refractivity contribution is -0.143. The van der Waals surface area contributed by atoms with Gasteiger partial charge >= 0.3 is 11.9 Å². The summed E-state index contributed by atoms with van der Waals surface area (Å²) in [6, 6.07) is -2.14. The van der Waals surface area contributed by atoms with E-state index < -0.39 is 29.9 Å². The molecule has 0 spiro atoms. The molecule has 0 aromatic rings. The number of carbonyl (C=O) groups excluding carboxylic acids is 2. The van der Waals surface area contributed by atoms with E-state index in [1.54, 1.807) is 0 Å². The highest BCUT2D eigenvalue weighted by Gasteiger charge is 2.26. The van der Waals surface area contributed by atoms with Crippen molar-refractivity contribution in [3.63, 3.8) is 0 Å². The van der Waals surface area contributed by atoms with Gasteiger partial charge in [-0.1, -0.05) is 31.8 Å². The molecule has 0 saturated carbocycles. The molecule has 0 rings (SSSR count). The molecule has 0 heterocycles. The third-order valence-corrected chi connectivity index (χ3v) is 5.23. The third kappa shape index (κ3) is 14.9. The minimum Gasteiger partial charge on any atom is -0.481 e. The molecule has 9 heteroatoms. The van der Waals surface area contributed by atoms with Crippen molar-refractivity contribution in [1.82, 2.24) is 10.6 Å². The highest BCUT2D eigenvalue weighted by atomic mass is 32.2. The summed E-state index contributed by atoms with van der Waals surface area (Å²) in [5.41, 5.74) is 0. The van der Waals surface area contributed by atoms with E-state index >= 15 is 0 Å². The van der Waals surface area contributed by atoms with E-state index in [1.165, 1.54) is 11.8 Å². The molecule has 0 radical (unpaired) electrons. The molecule has 30 heavy (non-hydrogen) atoms. The molecule has 0 bridgehead atoms. The zero-order valence-electron chi connectivity index (χ0n) is 17.9. The number of hydrogen-bond acceptors (Lipinski definition) is 5. The highest BCUT2D eigenvalue weighted by Crippen LogP contribution is 2.09. The van der Waals surface area contributed by atoms with E-state index in [1.807, 2.05) is 12.3 Å². The average Bonchev–Trinajstić information content (AvgIpc) is 2.69. The SMILES string of the molecule is C=CCCCCCCCCC(=O)N[C@@H](CCSC)C(=O)N[C@@H](CCC(=O)O)C(=O)O. The Labute approximate surface area is 183 Å². The van der Waals surface area contributed by atoms with Crippen molar-refractivity contribution >= 4 is 35.5 Å². The first-order valence-electron chi connectivity index (χ1n) is 10.5. The van der Waals surface area contributed by atoms with Crippen molar-refractivity contribution < 1.29 is 29.4 Å². The fourth-order valence-electron chi connectivity index (χ4n) is 2.85. The van der Waals surface area contributed by atoms with Gasteiger partial charge in [-0.3, -0.25) is 14.4 Å². The first-order valence-corrected chi connectivity index (χ1v) is 11.8. The van der Waals surface area contributed by atoms with Crippen LogP contribution in [0.1, 0.15) is 70.6 Å². The minimum atomic E-state index is -1.30. The number of thioether (sulfide) groups is 1. The topological polar surface area (TPSA) is 133 Å². The van der Waals surface area contributed by atoms with Gasteiger partial charge in [0.15, 0.2) is 0 Å². The van der Waals surface area contributed by atoms with Gasteiger partial charge in [0.05, 0.1) is 0 Å². The average molecular weight is 445 g/mol. The van der Waals surface area contributed by atoms with Crippen molar-refractivity contribution in [2.45, 2.75) is 82.7 Å². The van der Waals surface area contributed by atoms with E-state index in [9.17, 15) is 24.3 Å². The summed E-state index contributed by atoms with van der Waals surface area (Å²) in [6.07, 6.45) is 11.1.